The van der Waals surface area contributed by atoms with E-state index < -0.39 is 0 Å². The van der Waals surface area contributed by atoms with Gasteiger partial charge < -0.3 is 14.8 Å². The maximum Gasteiger partial charge on any atom is 0.231 e. The highest BCUT2D eigenvalue weighted by atomic mass is 32.1. The Morgan fingerprint density at radius 3 is 3.11 bits per heavy atom. The first-order chi connectivity index (χ1) is 8.83. The van der Waals surface area contributed by atoms with Crippen molar-refractivity contribution in [1.82, 2.24) is 14.9 Å². The molecule has 0 amide bonds. The van der Waals surface area contributed by atoms with Crippen molar-refractivity contribution in [3.05, 3.63) is 34.8 Å². The first-order valence-electron chi connectivity index (χ1n) is 5.72. The number of rotatable bonds is 4. The minimum Gasteiger partial charge on any atom is -0.454 e. The summed E-state index contributed by atoms with van der Waals surface area (Å²) in [4.78, 5) is 0. The first-order valence-corrected chi connectivity index (χ1v) is 6.55. The van der Waals surface area contributed by atoms with Crippen molar-refractivity contribution in [2.45, 2.75) is 19.5 Å². The fraction of sp³-hybridized carbons (Fsp3) is 0.333. The molecule has 94 valence electrons. The van der Waals surface area contributed by atoms with Gasteiger partial charge in [0.25, 0.3) is 0 Å². The Morgan fingerprint density at radius 2 is 2.28 bits per heavy atom. The van der Waals surface area contributed by atoms with E-state index in [2.05, 4.69) is 21.8 Å². The molecule has 1 aromatic heterocycles. The monoisotopic (exact) mass is 263 g/mol. The zero-order chi connectivity index (χ0) is 12.4. The molecule has 1 atom stereocenters. The van der Waals surface area contributed by atoms with E-state index in [0.717, 1.165) is 17.2 Å². The van der Waals surface area contributed by atoms with Gasteiger partial charge in [-0.2, -0.15) is 0 Å². The SMILES string of the molecule is CC(NCc1csnn1)c1ccc2c(c1)OCO2. The van der Waals surface area contributed by atoms with Gasteiger partial charge in [-0.1, -0.05) is 10.6 Å². The smallest absolute Gasteiger partial charge is 0.231 e. The lowest BCUT2D eigenvalue weighted by Gasteiger charge is -2.13. The second-order valence-electron chi connectivity index (χ2n) is 4.11. The van der Waals surface area contributed by atoms with Crippen LogP contribution >= 0.6 is 11.5 Å². The molecule has 0 saturated carbocycles. The predicted molar refractivity (Wildman–Crippen MR) is 67.7 cm³/mol. The molecule has 1 N–H and O–H groups in total. The minimum atomic E-state index is 0.223. The van der Waals surface area contributed by atoms with Gasteiger partial charge in [-0.05, 0) is 36.2 Å². The molecule has 1 aliphatic heterocycles. The Bertz CT molecular complexity index is 530. The summed E-state index contributed by atoms with van der Waals surface area (Å²) in [5.74, 6) is 1.63. The lowest BCUT2D eigenvalue weighted by atomic mass is 10.1. The van der Waals surface area contributed by atoms with Gasteiger partial charge in [-0.25, -0.2) is 0 Å². The molecular weight excluding hydrogens is 250 g/mol. The van der Waals surface area contributed by atoms with E-state index in [1.54, 1.807) is 0 Å². The van der Waals surface area contributed by atoms with Crippen molar-refractivity contribution < 1.29 is 9.47 Å². The van der Waals surface area contributed by atoms with Gasteiger partial charge in [-0.15, -0.1) is 5.10 Å². The summed E-state index contributed by atoms with van der Waals surface area (Å²) in [6.45, 7) is 3.13. The lowest BCUT2D eigenvalue weighted by Crippen LogP contribution is -2.18. The second kappa shape index (κ2) is 4.91. The van der Waals surface area contributed by atoms with Gasteiger partial charge >= 0.3 is 0 Å². The molecule has 0 spiro atoms. The maximum absolute atomic E-state index is 5.37. The summed E-state index contributed by atoms with van der Waals surface area (Å²) in [7, 11) is 0. The number of benzene rings is 1. The average molecular weight is 263 g/mol. The number of hydrogen-bond donors (Lipinski definition) is 1. The zero-order valence-electron chi connectivity index (χ0n) is 9.92. The van der Waals surface area contributed by atoms with Crippen molar-refractivity contribution in [3.8, 4) is 11.5 Å². The van der Waals surface area contributed by atoms with Crippen LogP contribution in [0, 0.1) is 0 Å². The van der Waals surface area contributed by atoms with Crippen molar-refractivity contribution >= 4 is 11.5 Å². The van der Waals surface area contributed by atoms with Crippen LogP contribution in [-0.4, -0.2) is 16.4 Å². The number of nitrogens with one attached hydrogen (secondary N) is 1. The maximum atomic E-state index is 5.37. The topological polar surface area (TPSA) is 56.3 Å². The predicted octanol–water partition coefficient (Wildman–Crippen LogP) is 2.12. The number of aromatic nitrogens is 2. The Morgan fingerprint density at radius 1 is 1.39 bits per heavy atom. The summed E-state index contributed by atoms with van der Waals surface area (Å²) in [6, 6.07) is 6.23. The van der Waals surface area contributed by atoms with Crippen LogP contribution in [0.15, 0.2) is 23.6 Å². The van der Waals surface area contributed by atoms with Crippen LogP contribution in [0.25, 0.3) is 0 Å². The highest BCUT2D eigenvalue weighted by Gasteiger charge is 2.15. The van der Waals surface area contributed by atoms with Crippen molar-refractivity contribution in [2.24, 2.45) is 0 Å². The van der Waals surface area contributed by atoms with E-state index in [1.165, 1.54) is 17.1 Å². The van der Waals surface area contributed by atoms with Crippen molar-refractivity contribution in [3.63, 3.8) is 0 Å². The van der Waals surface area contributed by atoms with Crippen molar-refractivity contribution in [1.29, 1.82) is 0 Å². The van der Waals surface area contributed by atoms with Gasteiger partial charge in [0.05, 0.1) is 5.69 Å². The van der Waals surface area contributed by atoms with E-state index in [9.17, 15) is 0 Å². The molecule has 2 heterocycles. The molecule has 0 bridgehead atoms. The molecule has 0 aliphatic carbocycles. The largest absolute Gasteiger partial charge is 0.454 e. The van der Waals surface area contributed by atoms with E-state index in [4.69, 9.17) is 9.47 Å². The van der Waals surface area contributed by atoms with Crippen LogP contribution in [0.3, 0.4) is 0 Å². The molecule has 1 aliphatic rings. The van der Waals surface area contributed by atoms with E-state index in [0.29, 0.717) is 13.3 Å². The standard InChI is InChI=1S/C12H13N3O2S/c1-8(13-5-10-6-18-15-14-10)9-2-3-11-12(4-9)17-7-16-11/h2-4,6,8,13H,5,7H2,1H3. The minimum absolute atomic E-state index is 0.223. The van der Waals surface area contributed by atoms with E-state index >= 15 is 0 Å². The molecule has 2 aromatic rings. The molecule has 1 unspecified atom stereocenters. The highest BCUT2D eigenvalue weighted by Crippen LogP contribution is 2.34. The van der Waals surface area contributed by atoms with Gasteiger partial charge in [0.15, 0.2) is 11.5 Å². The lowest BCUT2D eigenvalue weighted by molar-refractivity contribution is 0.174. The van der Waals surface area contributed by atoms with Crippen LogP contribution in [0.1, 0.15) is 24.2 Å². The van der Waals surface area contributed by atoms with E-state index in [1.807, 2.05) is 23.6 Å². The molecule has 0 saturated heterocycles. The molecule has 18 heavy (non-hydrogen) atoms. The fourth-order valence-corrected chi connectivity index (χ4v) is 2.27. The van der Waals surface area contributed by atoms with Crippen LogP contribution in [0.2, 0.25) is 0 Å². The molecule has 0 fully saturated rings. The third-order valence-corrected chi connectivity index (χ3v) is 3.44. The number of nitrogens with zero attached hydrogens (tertiary/aromatic N) is 2. The highest BCUT2D eigenvalue weighted by molar-refractivity contribution is 7.03. The molecular formula is C12H13N3O2S. The van der Waals surface area contributed by atoms with Gasteiger partial charge in [0, 0.05) is 18.0 Å². The van der Waals surface area contributed by atoms with Crippen LogP contribution < -0.4 is 14.8 Å². The van der Waals surface area contributed by atoms with Gasteiger partial charge in [0.2, 0.25) is 6.79 Å². The molecule has 1 aromatic carbocycles. The Labute approximate surface area is 109 Å². The number of hydrogen-bond acceptors (Lipinski definition) is 6. The van der Waals surface area contributed by atoms with Gasteiger partial charge in [0.1, 0.15) is 0 Å². The molecule has 0 radical (unpaired) electrons. The third-order valence-electron chi connectivity index (χ3n) is 2.89. The number of fused-ring (bicyclic) bond motifs is 1. The normalized spacial score (nSPS) is 14.7. The number of ether oxygens (including phenoxy) is 2. The van der Waals surface area contributed by atoms with E-state index in [-0.39, 0.29) is 6.04 Å². The molecule has 5 nitrogen and oxygen atoms in total. The first kappa shape index (κ1) is 11.4. The fourth-order valence-electron chi connectivity index (χ4n) is 1.82. The van der Waals surface area contributed by atoms with Gasteiger partial charge in [-0.3, -0.25) is 0 Å². The average Bonchev–Trinajstić information content (AvgIpc) is 3.05. The summed E-state index contributed by atoms with van der Waals surface area (Å²) in [6.07, 6.45) is 0. The summed E-state index contributed by atoms with van der Waals surface area (Å²) < 4.78 is 14.5. The van der Waals surface area contributed by atoms with Crippen molar-refractivity contribution in [2.75, 3.05) is 6.79 Å². The second-order valence-corrected chi connectivity index (χ2v) is 4.72. The third kappa shape index (κ3) is 2.30. The van der Waals surface area contributed by atoms with Crippen LogP contribution in [-0.2, 0) is 6.54 Å². The van der Waals surface area contributed by atoms with Crippen LogP contribution in [0.4, 0.5) is 0 Å². The Balaban J connectivity index is 1.67. The zero-order valence-corrected chi connectivity index (χ0v) is 10.7. The molecule has 6 heteroatoms. The quantitative estimate of drug-likeness (QED) is 0.915. The molecule has 3 rings (SSSR count). The summed E-state index contributed by atoms with van der Waals surface area (Å²) in [5.41, 5.74) is 2.13. The Hall–Kier alpha value is -1.66. The summed E-state index contributed by atoms with van der Waals surface area (Å²) >= 11 is 1.37. The van der Waals surface area contributed by atoms with Crippen LogP contribution in [0.5, 0.6) is 11.5 Å². The summed E-state index contributed by atoms with van der Waals surface area (Å²) in [5, 5.41) is 9.35. The Kier molecular flexibility index (Phi) is 3.12.